The molecule has 0 saturated heterocycles. The van der Waals surface area contributed by atoms with Gasteiger partial charge in [-0.3, -0.25) is 0 Å². The molecule has 5 nitrogen and oxygen atoms in total. The molecule has 0 aliphatic heterocycles. The van der Waals surface area contributed by atoms with Crippen molar-refractivity contribution in [2.24, 2.45) is 0 Å². The number of nitrogens with one attached hydrogen (secondary N) is 1. The quantitative estimate of drug-likeness (QED) is 0.715. The van der Waals surface area contributed by atoms with Crippen LogP contribution in [0.2, 0.25) is 0 Å². The lowest BCUT2D eigenvalue weighted by atomic mass is 10.1. The molecule has 1 aromatic heterocycles. The molecule has 0 aliphatic carbocycles. The van der Waals surface area contributed by atoms with E-state index in [1.165, 1.54) is 0 Å². The largest absolute Gasteiger partial charge is 0.396 e. The number of aliphatic hydroxyl groups excluding tert-OH is 2. The van der Waals surface area contributed by atoms with Crippen LogP contribution < -0.4 is 4.90 Å². The number of hydrogen-bond donors (Lipinski definition) is 3. The highest BCUT2D eigenvalue weighted by Crippen LogP contribution is 2.21. The van der Waals surface area contributed by atoms with Gasteiger partial charge in [0.2, 0.25) is 0 Å². The maximum atomic E-state index is 9.29. The molecule has 1 heterocycles. The Kier molecular flexibility index (Phi) is 3.61. The second kappa shape index (κ2) is 5.16. The van der Waals surface area contributed by atoms with E-state index in [1.807, 2.05) is 30.1 Å². The third-order valence-corrected chi connectivity index (χ3v) is 3.03. The molecule has 1 aromatic carbocycles. The lowest BCUT2D eigenvalue weighted by Gasteiger charge is -2.28. The Morgan fingerprint density at radius 3 is 2.94 bits per heavy atom. The average molecular weight is 235 g/mol. The van der Waals surface area contributed by atoms with Crippen LogP contribution in [0, 0.1) is 0 Å². The normalized spacial score (nSPS) is 12.9. The number of fused-ring (bicyclic) bond motifs is 1. The number of hydrogen-bond acceptors (Lipinski definition) is 4. The maximum absolute atomic E-state index is 9.29. The summed E-state index contributed by atoms with van der Waals surface area (Å²) in [6, 6.07) is 5.82. The fourth-order valence-corrected chi connectivity index (χ4v) is 1.91. The predicted molar refractivity (Wildman–Crippen MR) is 67.1 cm³/mol. The molecule has 2 rings (SSSR count). The summed E-state index contributed by atoms with van der Waals surface area (Å²) < 4.78 is 0. The fourth-order valence-electron chi connectivity index (χ4n) is 1.91. The van der Waals surface area contributed by atoms with Crippen molar-refractivity contribution in [3.05, 3.63) is 24.5 Å². The van der Waals surface area contributed by atoms with Crippen molar-refractivity contribution in [3.8, 4) is 0 Å². The third kappa shape index (κ3) is 2.40. The van der Waals surface area contributed by atoms with Crippen molar-refractivity contribution in [2.75, 3.05) is 25.2 Å². The summed E-state index contributed by atoms with van der Waals surface area (Å²) in [5.74, 6) is 0. The summed E-state index contributed by atoms with van der Waals surface area (Å²) in [4.78, 5) is 9.18. The van der Waals surface area contributed by atoms with Crippen LogP contribution in [0.3, 0.4) is 0 Å². The van der Waals surface area contributed by atoms with Gasteiger partial charge in [-0.15, -0.1) is 0 Å². The second-order valence-electron chi connectivity index (χ2n) is 4.06. The van der Waals surface area contributed by atoms with Crippen LogP contribution >= 0.6 is 0 Å². The van der Waals surface area contributed by atoms with Crippen LogP contribution in [-0.2, 0) is 0 Å². The molecule has 0 fully saturated rings. The van der Waals surface area contributed by atoms with E-state index in [9.17, 15) is 5.11 Å². The monoisotopic (exact) mass is 235 g/mol. The molecule has 92 valence electrons. The van der Waals surface area contributed by atoms with Gasteiger partial charge in [0.1, 0.15) is 0 Å². The van der Waals surface area contributed by atoms with E-state index < -0.39 is 0 Å². The highest BCUT2D eigenvalue weighted by atomic mass is 16.3. The Labute approximate surface area is 99.7 Å². The number of anilines is 1. The average Bonchev–Trinajstić information content (AvgIpc) is 2.82. The highest BCUT2D eigenvalue weighted by Gasteiger charge is 2.14. The molecule has 1 atom stereocenters. The van der Waals surface area contributed by atoms with Crippen LogP contribution in [-0.4, -0.2) is 46.5 Å². The number of benzene rings is 1. The predicted octanol–water partition coefficient (Wildman–Crippen LogP) is 0.742. The molecule has 2 aromatic rings. The lowest BCUT2D eigenvalue weighted by Crippen LogP contribution is -2.35. The molecule has 0 radical (unpaired) electrons. The standard InChI is InChI=1S/C12H17N3O2/c1-15(10(7-17)4-5-16)9-2-3-11-12(6-9)14-8-13-11/h2-3,6,8,10,16-17H,4-5,7H2,1H3,(H,13,14). The van der Waals surface area contributed by atoms with E-state index in [-0.39, 0.29) is 19.3 Å². The third-order valence-electron chi connectivity index (χ3n) is 3.03. The first kappa shape index (κ1) is 11.9. The molecular weight excluding hydrogens is 218 g/mol. The zero-order valence-corrected chi connectivity index (χ0v) is 9.80. The Morgan fingerprint density at radius 2 is 2.24 bits per heavy atom. The van der Waals surface area contributed by atoms with Crippen LogP contribution in [0.25, 0.3) is 11.0 Å². The fraction of sp³-hybridized carbons (Fsp3) is 0.417. The number of imidazole rings is 1. The number of aromatic amines is 1. The zero-order valence-electron chi connectivity index (χ0n) is 9.80. The van der Waals surface area contributed by atoms with Gasteiger partial charge in [0.15, 0.2) is 0 Å². The number of nitrogens with zero attached hydrogens (tertiary/aromatic N) is 2. The first-order chi connectivity index (χ1) is 8.26. The molecule has 0 aliphatic rings. The smallest absolute Gasteiger partial charge is 0.0931 e. The maximum Gasteiger partial charge on any atom is 0.0931 e. The first-order valence-electron chi connectivity index (χ1n) is 5.64. The van der Waals surface area contributed by atoms with Gasteiger partial charge in [-0.2, -0.15) is 0 Å². The van der Waals surface area contributed by atoms with Gasteiger partial charge in [-0.05, 0) is 24.6 Å². The molecule has 0 bridgehead atoms. The van der Waals surface area contributed by atoms with Crippen LogP contribution in [0.5, 0.6) is 0 Å². The summed E-state index contributed by atoms with van der Waals surface area (Å²) in [5, 5.41) is 18.2. The van der Waals surface area contributed by atoms with E-state index >= 15 is 0 Å². The van der Waals surface area contributed by atoms with E-state index in [4.69, 9.17) is 5.11 Å². The van der Waals surface area contributed by atoms with Crippen molar-refractivity contribution < 1.29 is 10.2 Å². The minimum Gasteiger partial charge on any atom is -0.396 e. The van der Waals surface area contributed by atoms with Gasteiger partial charge in [0, 0.05) is 19.3 Å². The van der Waals surface area contributed by atoms with E-state index in [0.29, 0.717) is 6.42 Å². The molecular formula is C12H17N3O2. The molecule has 17 heavy (non-hydrogen) atoms. The number of likely N-dealkylation sites (N-methyl/N-ethyl adjacent to an activating group) is 1. The second-order valence-corrected chi connectivity index (χ2v) is 4.06. The number of H-pyrrole nitrogens is 1. The number of aliphatic hydroxyl groups is 2. The zero-order chi connectivity index (χ0) is 12.3. The van der Waals surface area contributed by atoms with Gasteiger partial charge >= 0.3 is 0 Å². The van der Waals surface area contributed by atoms with Crippen LogP contribution in [0.1, 0.15) is 6.42 Å². The molecule has 0 spiro atoms. The summed E-state index contributed by atoms with van der Waals surface area (Å²) in [6.45, 7) is 0.0972. The molecule has 3 N–H and O–H groups in total. The number of aromatic nitrogens is 2. The molecule has 0 saturated carbocycles. The van der Waals surface area contributed by atoms with E-state index in [0.717, 1.165) is 16.7 Å². The van der Waals surface area contributed by atoms with Gasteiger partial charge in [0.05, 0.1) is 30.0 Å². The summed E-state index contributed by atoms with van der Waals surface area (Å²) in [7, 11) is 1.91. The summed E-state index contributed by atoms with van der Waals surface area (Å²) in [6.07, 6.45) is 2.21. The van der Waals surface area contributed by atoms with Crippen LogP contribution in [0.15, 0.2) is 24.5 Å². The Bertz CT molecular complexity index is 483. The first-order valence-corrected chi connectivity index (χ1v) is 5.64. The highest BCUT2D eigenvalue weighted by molar-refractivity contribution is 5.79. The van der Waals surface area contributed by atoms with Gasteiger partial charge in [0.25, 0.3) is 0 Å². The van der Waals surface area contributed by atoms with Crippen molar-refractivity contribution in [1.29, 1.82) is 0 Å². The lowest BCUT2D eigenvalue weighted by molar-refractivity contribution is 0.218. The topological polar surface area (TPSA) is 72.4 Å². The van der Waals surface area contributed by atoms with Crippen molar-refractivity contribution in [3.63, 3.8) is 0 Å². The Balaban J connectivity index is 2.24. The summed E-state index contributed by atoms with van der Waals surface area (Å²) in [5.41, 5.74) is 2.88. The van der Waals surface area contributed by atoms with Gasteiger partial charge < -0.3 is 20.1 Å². The Morgan fingerprint density at radius 1 is 1.41 bits per heavy atom. The van der Waals surface area contributed by atoms with Gasteiger partial charge in [-0.1, -0.05) is 0 Å². The van der Waals surface area contributed by atoms with Crippen molar-refractivity contribution >= 4 is 16.7 Å². The van der Waals surface area contributed by atoms with Crippen molar-refractivity contribution in [1.82, 2.24) is 9.97 Å². The van der Waals surface area contributed by atoms with Gasteiger partial charge in [-0.25, -0.2) is 4.98 Å². The Hall–Kier alpha value is -1.59. The molecule has 0 amide bonds. The van der Waals surface area contributed by atoms with E-state index in [2.05, 4.69) is 9.97 Å². The minimum absolute atomic E-state index is 0.0259. The minimum atomic E-state index is -0.0691. The SMILES string of the molecule is CN(c1ccc2nc[nH]c2c1)C(CO)CCO. The van der Waals surface area contributed by atoms with E-state index in [1.54, 1.807) is 6.33 Å². The summed E-state index contributed by atoms with van der Waals surface area (Å²) >= 11 is 0. The number of rotatable bonds is 5. The van der Waals surface area contributed by atoms with Crippen LogP contribution in [0.4, 0.5) is 5.69 Å². The molecule has 5 heteroatoms. The van der Waals surface area contributed by atoms with Crippen molar-refractivity contribution in [2.45, 2.75) is 12.5 Å². The molecule has 1 unspecified atom stereocenters.